The molecule has 0 saturated carbocycles. The van der Waals surface area contributed by atoms with Crippen molar-refractivity contribution in [2.75, 3.05) is 45.9 Å². The number of fused-ring (bicyclic) bond motifs is 1. The van der Waals surface area contributed by atoms with Gasteiger partial charge in [-0.3, -0.25) is 14.6 Å². The topological polar surface area (TPSA) is 36.0 Å². The summed E-state index contributed by atoms with van der Waals surface area (Å²) in [5.41, 5.74) is 1.41. The third kappa shape index (κ3) is 3.52. The van der Waals surface area contributed by atoms with E-state index in [1.54, 1.807) is 11.3 Å². The van der Waals surface area contributed by atoms with E-state index in [-0.39, 0.29) is 0 Å². The Kier molecular flexibility index (Phi) is 5.17. The van der Waals surface area contributed by atoms with Crippen molar-refractivity contribution >= 4 is 17.2 Å². The van der Waals surface area contributed by atoms with Crippen LogP contribution in [0.15, 0.2) is 16.8 Å². The van der Waals surface area contributed by atoms with E-state index in [2.05, 4.69) is 31.5 Å². The normalized spacial score (nSPS) is 29.2. The van der Waals surface area contributed by atoms with Gasteiger partial charge in [-0.2, -0.15) is 11.3 Å². The fourth-order valence-corrected chi connectivity index (χ4v) is 5.08. The summed E-state index contributed by atoms with van der Waals surface area (Å²) in [5, 5.41) is 4.40. The standard InChI is InChI=1S/C18H27N3O2S/c22-18-2-1-16-17(3-5-20(16)13-15-4-12-24-14-15)21(18)7-6-19-8-10-23-11-9-19/h4,12,14,16-17H,1-3,5-11,13H2/t16-,17-/m1/s1. The van der Waals surface area contributed by atoms with Crippen molar-refractivity contribution in [2.24, 2.45) is 0 Å². The fourth-order valence-electron chi connectivity index (χ4n) is 4.42. The second-order valence-electron chi connectivity index (χ2n) is 7.11. The third-order valence-electron chi connectivity index (χ3n) is 5.73. The Morgan fingerprint density at radius 1 is 1.12 bits per heavy atom. The molecule has 0 N–H and O–H groups in total. The number of ether oxygens (including phenoxy) is 1. The Morgan fingerprint density at radius 2 is 2.00 bits per heavy atom. The summed E-state index contributed by atoms with van der Waals surface area (Å²) in [4.78, 5) is 19.7. The number of thiophene rings is 1. The zero-order valence-electron chi connectivity index (χ0n) is 14.2. The number of hydrogen-bond donors (Lipinski definition) is 0. The van der Waals surface area contributed by atoms with E-state index >= 15 is 0 Å². The van der Waals surface area contributed by atoms with Crippen LogP contribution in [0.4, 0.5) is 0 Å². The summed E-state index contributed by atoms with van der Waals surface area (Å²) in [6.45, 7) is 7.68. The Morgan fingerprint density at radius 3 is 2.79 bits per heavy atom. The molecule has 6 heteroatoms. The van der Waals surface area contributed by atoms with Crippen LogP contribution in [0.1, 0.15) is 24.8 Å². The van der Waals surface area contributed by atoms with Crippen LogP contribution in [0.2, 0.25) is 0 Å². The number of nitrogens with zero attached hydrogens (tertiary/aromatic N) is 3. The smallest absolute Gasteiger partial charge is 0.222 e. The number of hydrogen-bond acceptors (Lipinski definition) is 5. The minimum absolute atomic E-state index is 0.363. The monoisotopic (exact) mass is 349 g/mol. The van der Waals surface area contributed by atoms with Gasteiger partial charge in [-0.1, -0.05) is 0 Å². The molecule has 3 aliphatic rings. The Balaban J connectivity index is 1.36. The molecule has 2 atom stereocenters. The predicted molar refractivity (Wildman–Crippen MR) is 95.1 cm³/mol. The number of carbonyl (C=O) groups is 1. The van der Waals surface area contributed by atoms with E-state index in [1.165, 1.54) is 5.56 Å². The van der Waals surface area contributed by atoms with Crippen LogP contribution in [-0.2, 0) is 16.1 Å². The van der Waals surface area contributed by atoms with Gasteiger partial charge in [-0.05, 0) is 35.2 Å². The van der Waals surface area contributed by atoms with Crippen LogP contribution in [0.3, 0.4) is 0 Å². The first-order chi connectivity index (χ1) is 11.8. The van der Waals surface area contributed by atoms with Gasteiger partial charge < -0.3 is 9.64 Å². The first-order valence-corrected chi connectivity index (χ1v) is 10.1. The lowest BCUT2D eigenvalue weighted by atomic mass is 9.96. The maximum Gasteiger partial charge on any atom is 0.222 e. The van der Waals surface area contributed by atoms with Crippen molar-refractivity contribution in [3.63, 3.8) is 0 Å². The van der Waals surface area contributed by atoms with Crippen LogP contribution >= 0.6 is 11.3 Å². The molecule has 3 fully saturated rings. The molecule has 1 aromatic heterocycles. The lowest BCUT2D eigenvalue weighted by Crippen LogP contribution is -2.54. The molecule has 24 heavy (non-hydrogen) atoms. The molecule has 0 radical (unpaired) electrons. The number of piperidine rings is 1. The summed E-state index contributed by atoms with van der Waals surface area (Å²) in [5.74, 6) is 0.363. The predicted octanol–water partition coefficient (Wildman–Crippen LogP) is 1.65. The van der Waals surface area contributed by atoms with E-state index in [9.17, 15) is 4.79 Å². The van der Waals surface area contributed by atoms with Crippen LogP contribution in [-0.4, -0.2) is 78.6 Å². The molecular formula is C18H27N3O2S. The highest BCUT2D eigenvalue weighted by Gasteiger charge is 2.42. The van der Waals surface area contributed by atoms with Crippen molar-refractivity contribution in [3.8, 4) is 0 Å². The molecule has 1 aromatic rings. The molecule has 0 spiro atoms. The van der Waals surface area contributed by atoms with Crippen LogP contribution in [0, 0.1) is 0 Å². The van der Waals surface area contributed by atoms with Gasteiger partial charge in [-0.25, -0.2) is 0 Å². The molecule has 132 valence electrons. The number of rotatable bonds is 5. The maximum atomic E-state index is 12.5. The van der Waals surface area contributed by atoms with Gasteiger partial charge in [-0.15, -0.1) is 0 Å². The molecule has 0 aromatic carbocycles. The summed E-state index contributed by atoms with van der Waals surface area (Å²) in [6, 6.07) is 3.19. The Hall–Kier alpha value is -0.950. The number of amides is 1. The molecule has 3 aliphatic heterocycles. The minimum Gasteiger partial charge on any atom is -0.379 e. The molecule has 4 heterocycles. The Bertz CT molecular complexity index is 544. The van der Waals surface area contributed by atoms with Crippen LogP contribution in [0.25, 0.3) is 0 Å². The van der Waals surface area contributed by atoms with Crippen molar-refractivity contribution in [2.45, 2.75) is 37.9 Å². The van der Waals surface area contributed by atoms with Crippen molar-refractivity contribution < 1.29 is 9.53 Å². The number of carbonyl (C=O) groups excluding carboxylic acids is 1. The van der Waals surface area contributed by atoms with E-state index in [4.69, 9.17) is 4.74 Å². The molecule has 5 nitrogen and oxygen atoms in total. The summed E-state index contributed by atoms with van der Waals surface area (Å²) < 4.78 is 5.42. The van der Waals surface area contributed by atoms with Gasteiger partial charge in [0.15, 0.2) is 0 Å². The third-order valence-corrected chi connectivity index (χ3v) is 6.46. The molecule has 4 rings (SSSR count). The maximum absolute atomic E-state index is 12.5. The summed E-state index contributed by atoms with van der Waals surface area (Å²) in [6.07, 6.45) is 2.87. The van der Waals surface area contributed by atoms with Crippen LogP contribution in [0.5, 0.6) is 0 Å². The fraction of sp³-hybridized carbons (Fsp3) is 0.722. The number of likely N-dealkylation sites (tertiary alicyclic amines) is 2. The summed E-state index contributed by atoms with van der Waals surface area (Å²) in [7, 11) is 0. The zero-order valence-corrected chi connectivity index (χ0v) is 15.0. The lowest BCUT2D eigenvalue weighted by Gasteiger charge is -2.41. The second-order valence-corrected chi connectivity index (χ2v) is 7.89. The number of morpholine rings is 1. The molecule has 3 saturated heterocycles. The van der Waals surface area contributed by atoms with Gasteiger partial charge in [0.05, 0.1) is 13.2 Å². The van der Waals surface area contributed by atoms with Crippen molar-refractivity contribution in [3.05, 3.63) is 22.4 Å². The highest BCUT2D eigenvalue weighted by molar-refractivity contribution is 7.07. The summed E-state index contributed by atoms with van der Waals surface area (Å²) >= 11 is 1.77. The van der Waals surface area contributed by atoms with Gasteiger partial charge in [0.2, 0.25) is 5.91 Å². The molecule has 0 unspecified atom stereocenters. The highest BCUT2D eigenvalue weighted by Crippen LogP contribution is 2.32. The average molecular weight is 350 g/mol. The first-order valence-electron chi connectivity index (χ1n) is 9.16. The molecule has 0 bridgehead atoms. The molecule has 1 amide bonds. The van der Waals surface area contributed by atoms with Crippen LogP contribution < -0.4 is 0 Å². The van der Waals surface area contributed by atoms with Gasteiger partial charge in [0.1, 0.15) is 0 Å². The minimum atomic E-state index is 0.363. The second kappa shape index (κ2) is 7.52. The largest absolute Gasteiger partial charge is 0.379 e. The van der Waals surface area contributed by atoms with Crippen molar-refractivity contribution in [1.29, 1.82) is 0 Å². The molecular weight excluding hydrogens is 322 g/mol. The van der Waals surface area contributed by atoms with Crippen molar-refractivity contribution in [1.82, 2.24) is 14.7 Å². The van der Waals surface area contributed by atoms with E-state index < -0.39 is 0 Å². The van der Waals surface area contributed by atoms with Gasteiger partial charge >= 0.3 is 0 Å². The van der Waals surface area contributed by atoms with E-state index in [0.29, 0.717) is 24.4 Å². The first kappa shape index (κ1) is 16.5. The molecule has 0 aliphatic carbocycles. The van der Waals surface area contributed by atoms with E-state index in [0.717, 1.165) is 65.3 Å². The average Bonchev–Trinajstić information content (AvgIpc) is 3.26. The lowest BCUT2D eigenvalue weighted by molar-refractivity contribution is -0.138. The zero-order chi connectivity index (χ0) is 16.4. The van der Waals surface area contributed by atoms with Gasteiger partial charge in [0.25, 0.3) is 0 Å². The van der Waals surface area contributed by atoms with E-state index in [1.807, 2.05) is 0 Å². The van der Waals surface area contributed by atoms with Gasteiger partial charge in [0, 0.05) is 57.8 Å². The SMILES string of the molecule is O=C1CC[C@@H]2[C@@H](CCN2Cc2ccsc2)N1CCN1CCOCC1. The Labute approximate surface area is 148 Å². The highest BCUT2D eigenvalue weighted by atomic mass is 32.1. The quantitative estimate of drug-likeness (QED) is 0.810.